The fourth-order valence-electron chi connectivity index (χ4n) is 3.02. The minimum Gasteiger partial charge on any atom is -0.493 e. The second kappa shape index (κ2) is 7.80. The van der Waals surface area contributed by atoms with Gasteiger partial charge in [0.15, 0.2) is 16.3 Å². The molecule has 0 atom stereocenters. The van der Waals surface area contributed by atoms with Gasteiger partial charge < -0.3 is 14.0 Å². The number of benzene rings is 2. The monoisotopic (exact) mass is 382 g/mol. The number of carbonyl (C=O) groups is 1. The van der Waals surface area contributed by atoms with Crippen LogP contribution in [0.15, 0.2) is 48.0 Å². The lowest BCUT2D eigenvalue weighted by Gasteiger charge is -2.07. The number of aryl methyl sites for hydroxylation is 2. The van der Waals surface area contributed by atoms with Crippen molar-refractivity contribution in [1.29, 1.82) is 0 Å². The van der Waals surface area contributed by atoms with Gasteiger partial charge in [-0.15, -0.1) is 6.58 Å². The van der Waals surface area contributed by atoms with Crippen LogP contribution in [-0.4, -0.2) is 24.7 Å². The molecule has 0 unspecified atom stereocenters. The van der Waals surface area contributed by atoms with Gasteiger partial charge in [0.2, 0.25) is 0 Å². The molecule has 3 aromatic rings. The van der Waals surface area contributed by atoms with Gasteiger partial charge in [0.25, 0.3) is 5.91 Å². The molecule has 1 aromatic heterocycles. The molecule has 0 fully saturated rings. The van der Waals surface area contributed by atoms with E-state index in [2.05, 4.69) is 37.6 Å². The number of nitrogens with zero attached hydrogens (tertiary/aromatic N) is 2. The van der Waals surface area contributed by atoms with E-state index in [4.69, 9.17) is 9.47 Å². The summed E-state index contributed by atoms with van der Waals surface area (Å²) in [6, 6.07) is 9.29. The largest absolute Gasteiger partial charge is 0.493 e. The molecule has 6 heteroatoms. The predicted octanol–water partition coefficient (Wildman–Crippen LogP) is 4.26. The van der Waals surface area contributed by atoms with Crippen molar-refractivity contribution < 1.29 is 14.3 Å². The Balaban J connectivity index is 2.15. The Kier molecular flexibility index (Phi) is 5.46. The molecule has 0 aliphatic heterocycles. The lowest BCUT2D eigenvalue weighted by atomic mass is 10.1. The highest BCUT2D eigenvalue weighted by molar-refractivity contribution is 7.16. The van der Waals surface area contributed by atoms with Crippen LogP contribution < -0.4 is 14.3 Å². The maximum atomic E-state index is 12.8. The number of carbonyl (C=O) groups excluding carboxylic acids is 1. The van der Waals surface area contributed by atoms with E-state index in [-0.39, 0.29) is 5.91 Å². The lowest BCUT2D eigenvalue weighted by Crippen LogP contribution is -2.16. The quantitative estimate of drug-likeness (QED) is 0.620. The van der Waals surface area contributed by atoms with E-state index in [9.17, 15) is 4.79 Å². The molecule has 3 rings (SSSR count). The van der Waals surface area contributed by atoms with E-state index in [0.29, 0.717) is 28.4 Å². The summed E-state index contributed by atoms with van der Waals surface area (Å²) in [4.78, 5) is 17.8. The number of fused-ring (bicyclic) bond motifs is 1. The smallest absolute Gasteiger partial charge is 0.279 e. The first kappa shape index (κ1) is 18.9. The fraction of sp³-hybridized carbons (Fsp3) is 0.238. The predicted molar refractivity (Wildman–Crippen MR) is 109 cm³/mol. The molecular formula is C21H22N2O3S. The Morgan fingerprint density at radius 3 is 2.59 bits per heavy atom. The third-order valence-corrected chi connectivity index (χ3v) is 5.48. The first-order valence-corrected chi connectivity index (χ1v) is 9.32. The van der Waals surface area contributed by atoms with Gasteiger partial charge in [-0.1, -0.05) is 23.5 Å². The van der Waals surface area contributed by atoms with Gasteiger partial charge in [0, 0.05) is 12.1 Å². The van der Waals surface area contributed by atoms with Crippen molar-refractivity contribution in [3.63, 3.8) is 0 Å². The van der Waals surface area contributed by atoms with Gasteiger partial charge in [0.05, 0.1) is 24.4 Å². The number of rotatable bonds is 5. The van der Waals surface area contributed by atoms with Crippen molar-refractivity contribution in [3.05, 3.63) is 64.5 Å². The third kappa shape index (κ3) is 3.66. The number of amides is 1. The van der Waals surface area contributed by atoms with Crippen LogP contribution in [0.3, 0.4) is 0 Å². The molecule has 0 saturated carbocycles. The summed E-state index contributed by atoms with van der Waals surface area (Å²) in [5.41, 5.74) is 3.86. The number of methoxy groups -OCH3 is 2. The van der Waals surface area contributed by atoms with Crippen LogP contribution in [0.5, 0.6) is 11.5 Å². The van der Waals surface area contributed by atoms with Crippen LogP contribution in [0.2, 0.25) is 0 Å². The van der Waals surface area contributed by atoms with Crippen molar-refractivity contribution in [2.45, 2.75) is 20.4 Å². The summed E-state index contributed by atoms with van der Waals surface area (Å²) in [7, 11) is 3.10. The van der Waals surface area contributed by atoms with E-state index < -0.39 is 0 Å². The second-order valence-electron chi connectivity index (χ2n) is 6.20. The molecule has 0 radical (unpaired) electrons. The van der Waals surface area contributed by atoms with E-state index >= 15 is 0 Å². The third-order valence-electron chi connectivity index (χ3n) is 4.25. The molecule has 5 nitrogen and oxygen atoms in total. The summed E-state index contributed by atoms with van der Waals surface area (Å²) < 4.78 is 13.7. The standard InChI is InChI=1S/C21H22N2O3S/c1-6-9-23-16-11-13(2)10-14(3)19(16)27-21(23)22-20(24)15-7-8-17(25-4)18(12-15)26-5/h6-8,10-12H,1,9H2,2-5H3. The zero-order chi connectivity index (χ0) is 19.6. The summed E-state index contributed by atoms with van der Waals surface area (Å²) in [6.45, 7) is 8.56. The molecule has 0 N–H and O–H groups in total. The van der Waals surface area contributed by atoms with Crippen LogP contribution in [-0.2, 0) is 6.54 Å². The molecule has 0 saturated heterocycles. The Bertz CT molecular complexity index is 1090. The molecule has 2 aromatic carbocycles. The number of aromatic nitrogens is 1. The average molecular weight is 382 g/mol. The van der Waals surface area contributed by atoms with Crippen LogP contribution in [0.25, 0.3) is 10.2 Å². The minimum absolute atomic E-state index is 0.324. The maximum Gasteiger partial charge on any atom is 0.279 e. The topological polar surface area (TPSA) is 52.8 Å². The van der Waals surface area contributed by atoms with Gasteiger partial charge in [0.1, 0.15) is 0 Å². The Hall–Kier alpha value is -2.86. The minimum atomic E-state index is -0.324. The SMILES string of the molecule is C=CCn1c(=NC(=O)c2ccc(OC)c(OC)c2)sc2c(C)cc(C)cc21. The summed E-state index contributed by atoms with van der Waals surface area (Å²) in [5, 5.41) is 0. The molecule has 0 bridgehead atoms. The van der Waals surface area contributed by atoms with Crippen molar-refractivity contribution in [3.8, 4) is 11.5 Å². The number of allylic oxidation sites excluding steroid dienone is 1. The zero-order valence-corrected chi connectivity index (χ0v) is 16.7. The Labute approximate surface area is 162 Å². The van der Waals surface area contributed by atoms with Crippen LogP contribution in [0.4, 0.5) is 0 Å². The Morgan fingerprint density at radius 1 is 1.19 bits per heavy atom. The number of hydrogen-bond donors (Lipinski definition) is 0. The molecule has 1 amide bonds. The first-order valence-electron chi connectivity index (χ1n) is 8.51. The summed E-state index contributed by atoms with van der Waals surface area (Å²) in [6.07, 6.45) is 1.81. The van der Waals surface area contributed by atoms with E-state index in [1.165, 1.54) is 22.5 Å². The molecule has 0 aliphatic rings. The Morgan fingerprint density at radius 2 is 1.93 bits per heavy atom. The molecule has 140 valence electrons. The number of thiazole rings is 1. The number of ether oxygens (including phenoxy) is 2. The van der Waals surface area contributed by atoms with Crippen molar-refractivity contribution in [2.75, 3.05) is 14.2 Å². The number of hydrogen-bond acceptors (Lipinski definition) is 4. The second-order valence-corrected chi connectivity index (χ2v) is 7.18. The van der Waals surface area contributed by atoms with Gasteiger partial charge in [-0.3, -0.25) is 4.79 Å². The molecule has 27 heavy (non-hydrogen) atoms. The van der Waals surface area contributed by atoms with Crippen LogP contribution >= 0.6 is 11.3 Å². The highest BCUT2D eigenvalue weighted by atomic mass is 32.1. The molecule has 1 heterocycles. The highest BCUT2D eigenvalue weighted by Gasteiger charge is 2.13. The van der Waals surface area contributed by atoms with E-state index in [1.807, 2.05) is 10.6 Å². The van der Waals surface area contributed by atoms with Gasteiger partial charge in [-0.25, -0.2) is 0 Å². The van der Waals surface area contributed by atoms with Crippen molar-refractivity contribution in [1.82, 2.24) is 4.57 Å². The van der Waals surface area contributed by atoms with Crippen LogP contribution in [0.1, 0.15) is 21.5 Å². The van der Waals surface area contributed by atoms with Gasteiger partial charge in [-0.2, -0.15) is 4.99 Å². The highest BCUT2D eigenvalue weighted by Crippen LogP contribution is 2.28. The van der Waals surface area contributed by atoms with Gasteiger partial charge >= 0.3 is 0 Å². The zero-order valence-electron chi connectivity index (χ0n) is 15.9. The normalized spacial score (nSPS) is 11.6. The molecular weight excluding hydrogens is 360 g/mol. The van der Waals surface area contributed by atoms with E-state index in [0.717, 1.165) is 10.2 Å². The van der Waals surface area contributed by atoms with Crippen LogP contribution in [0, 0.1) is 13.8 Å². The fourth-order valence-corrected chi connectivity index (χ4v) is 4.11. The van der Waals surface area contributed by atoms with Crippen molar-refractivity contribution in [2.24, 2.45) is 4.99 Å². The molecule has 0 aliphatic carbocycles. The van der Waals surface area contributed by atoms with E-state index in [1.54, 1.807) is 32.4 Å². The summed E-state index contributed by atoms with van der Waals surface area (Å²) in [5.74, 6) is 0.749. The first-order chi connectivity index (χ1) is 13.0. The summed E-state index contributed by atoms with van der Waals surface area (Å²) >= 11 is 1.51. The molecule has 0 spiro atoms. The average Bonchev–Trinajstić information content (AvgIpc) is 2.99. The van der Waals surface area contributed by atoms with Gasteiger partial charge in [-0.05, 0) is 49.2 Å². The maximum absolute atomic E-state index is 12.8. The van der Waals surface area contributed by atoms with Crippen molar-refractivity contribution >= 4 is 27.5 Å². The lowest BCUT2D eigenvalue weighted by molar-refractivity contribution is 0.0997.